The van der Waals surface area contributed by atoms with Crippen LogP contribution in [0.2, 0.25) is 0 Å². The lowest BCUT2D eigenvalue weighted by molar-refractivity contribution is 0.149. The van der Waals surface area contributed by atoms with Gasteiger partial charge in [-0.3, -0.25) is 9.67 Å². The van der Waals surface area contributed by atoms with Crippen LogP contribution in [0.4, 0.5) is 0 Å². The zero-order valence-corrected chi connectivity index (χ0v) is 15.3. The molecular weight excluding hydrogens is 298 g/mol. The van der Waals surface area contributed by atoms with E-state index in [4.69, 9.17) is 4.98 Å². The Labute approximate surface area is 145 Å². The summed E-state index contributed by atoms with van der Waals surface area (Å²) in [4.78, 5) is 11.9. The predicted octanol–water partition coefficient (Wildman–Crippen LogP) is 3.58. The van der Waals surface area contributed by atoms with Crippen LogP contribution in [0.25, 0.3) is 11.4 Å². The third kappa shape index (κ3) is 3.83. The van der Waals surface area contributed by atoms with E-state index < -0.39 is 0 Å². The fraction of sp³-hybridized carbons (Fsp3) is 0.632. The smallest absolute Gasteiger partial charge is 0.107 e. The van der Waals surface area contributed by atoms with Crippen LogP contribution in [0.1, 0.15) is 52.3 Å². The minimum Gasteiger partial charge on any atom is -0.301 e. The summed E-state index contributed by atoms with van der Waals surface area (Å²) >= 11 is 0. The van der Waals surface area contributed by atoms with Crippen molar-refractivity contribution in [3.63, 3.8) is 0 Å². The van der Waals surface area contributed by atoms with E-state index >= 15 is 0 Å². The maximum Gasteiger partial charge on any atom is 0.107 e. The van der Waals surface area contributed by atoms with E-state index in [-0.39, 0.29) is 0 Å². The zero-order valence-electron chi connectivity index (χ0n) is 15.3. The lowest BCUT2D eigenvalue weighted by Crippen LogP contribution is -2.38. The highest BCUT2D eigenvalue weighted by Crippen LogP contribution is 2.24. The molecule has 2 aromatic heterocycles. The summed E-state index contributed by atoms with van der Waals surface area (Å²) < 4.78 is 2.01. The maximum atomic E-state index is 4.87. The quantitative estimate of drug-likeness (QED) is 0.842. The van der Waals surface area contributed by atoms with Gasteiger partial charge in [-0.1, -0.05) is 0 Å². The van der Waals surface area contributed by atoms with Gasteiger partial charge < -0.3 is 4.90 Å². The summed E-state index contributed by atoms with van der Waals surface area (Å²) in [6, 6.07) is 3.00. The van der Waals surface area contributed by atoms with Crippen LogP contribution in [0.15, 0.2) is 24.7 Å². The second kappa shape index (κ2) is 7.43. The summed E-state index contributed by atoms with van der Waals surface area (Å²) in [6.45, 7) is 11.2. The Morgan fingerprint density at radius 3 is 2.50 bits per heavy atom. The average Bonchev–Trinajstić information content (AvgIpc) is 3.05. The van der Waals surface area contributed by atoms with Gasteiger partial charge in [0.1, 0.15) is 5.69 Å². The molecule has 3 rings (SSSR count). The van der Waals surface area contributed by atoms with Crippen LogP contribution in [0.5, 0.6) is 0 Å². The minimum absolute atomic E-state index is 0.320. The average molecular weight is 327 g/mol. The van der Waals surface area contributed by atoms with Crippen molar-refractivity contribution in [2.45, 2.75) is 59.0 Å². The van der Waals surface area contributed by atoms with Crippen LogP contribution >= 0.6 is 0 Å². The Morgan fingerprint density at radius 1 is 1.08 bits per heavy atom. The van der Waals surface area contributed by atoms with Gasteiger partial charge in [0.2, 0.25) is 0 Å². The highest BCUT2D eigenvalue weighted by atomic mass is 15.3. The van der Waals surface area contributed by atoms with Gasteiger partial charge in [-0.15, -0.1) is 0 Å². The largest absolute Gasteiger partial charge is 0.301 e. The van der Waals surface area contributed by atoms with Crippen LogP contribution in [-0.4, -0.2) is 43.8 Å². The number of aromatic nitrogens is 4. The fourth-order valence-electron chi connectivity index (χ4n) is 3.53. The normalized spacial score (nSPS) is 17.1. The molecular formula is C19H29N5. The lowest BCUT2D eigenvalue weighted by Gasteiger charge is -2.34. The Hall–Kier alpha value is -1.75. The molecule has 3 heterocycles. The third-order valence-corrected chi connectivity index (χ3v) is 4.98. The molecule has 2 aromatic rings. The highest BCUT2D eigenvalue weighted by Gasteiger charge is 2.21. The first-order chi connectivity index (χ1) is 11.5. The molecule has 0 N–H and O–H groups in total. The minimum atomic E-state index is 0.320. The summed E-state index contributed by atoms with van der Waals surface area (Å²) in [5.74, 6) is 0.722. The van der Waals surface area contributed by atoms with Crippen molar-refractivity contribution in [3.05, 3.63) is 30.4 Å². The van der Waals surface area contributed by atoms with E-state index in [2.05, 4.69) is 42.7 Å². The molecule has 5 heteroatoms. The van der Waals surface area contributed by atoms with Gasteiger partial charge in [0.05, 0.1) is 17.6 Å². The highest BCUT2D eigenvalue weighted by molar-refractivity contribution is 5.53. The number of piperidine rings is 1. The first kappa shape index (κ1) is 17.1. The van der Waals surface area contributed by atoms with Crippen molar-refractivity contribution < 1.29 is 0 Å². The molecule has 1 aliphatic heterocycles. The van der Waals surface area contributed by atoms with E-state index in [0.717, 1.165) is 29.4 Å². The van der Waals surface area contributed by atoms with Crippen molar-refractivity contribution in [2.75, 3.05) is 13.1 Å². The molecule has 130 valence electrons. The number of rotatable bonds is 5. The molecule has 1 fully saturated rings. The Kier molecular flexibility index (Phi) is 5.29. The summed E-state index contributed by atoms with van der Waals surface area (Å²) in [6.07, 6.45) is 9.16. The second-order valence-corrected chi connectivity index (χ2v) is 7.43. The van der Waals surface area contributed by atoms with E-state index in [1.807, 2.05) is 29.3 Å². The fourth-order valence-corrected chi connectivity index (χ4v) is 3.53. The first-order valence-electron chi connectivity index (χ1n) is 9.13. The zero-order chi connectivity index (χ0) is 17.1. The number of hydrogen-bond acceptors (Lipinski definition) is 4. The molecule has 0 aliphatic carbocycles. The molecule has 1 aliphatic rings. The van der Waals surface area contributed by atoms with Crippen molar-refractivity contribution in [2.24, 2.45) is 5.92 Å². The van der Waals surface area contributed by atoms with Crippen molar-refractivity contribution >= 4 is 0 Å². The topological polar surface area (TPSA) is 46.8 Å². The molecule has 0 aromatic carbocycles. The molecule has 0 saturated carbocycles. The van der Waals surface area contributed by atoms with Gasteiger partial charge >= 0.3 is 0 Å². The SMILES string of the molecule is CC(C)N1CCC(Cc2cncc(-c3ccnn3C(C)C)n2)CC1. The number of likely N-dealkylation sites (tertiary alicyclic amines) is 1. The van der Waals surface area contributed by atoms with Gasteiger partial charge in [0.25, 0.3) is 0 Å². The van der Waals surface area contributed by atoms with Gasteiger partial charge in [-0.25, -0.2) is 4.98 Å². The van der Waals surface area contributed by atoms with Crippen molar-refractivity contribution in [1.82, 2.24) is 24.6 Å². The molecule has 0 unspecified atom stereocenters. The van der Waals surface area contributed by atoms with E-state index in [0.29, 0.717) is 12.1 Å². The number of nitrogens with zero attached hydrogens (tertiary/aromatic N) is 5. The summed E-state index contributed by atoms with van der Waals surface area (Å²) in [5, 5.41) is 4.41. The lowest BCUT2D eigenvalue weighted by atomic mass is 9.91. The van der Waals surface area contributed by atoms with Crippen molar-refractivity contribution in [1.29, 1.82) is 0 Å². The molecule has 24 heavy (non-hydrogen) atoms. The molecule has 0 bridgehead atoms. The van der Waals surface area contributed by atoms with Gasteiger partial charge in [0.15, 0.2) is 0 Å². The van der Waals surface area contributed by atoms with E-state index in [1.165, 1.54) is 25.9 Å². The Bertz CT molecular complexity index is 653. The van der Waals surface area contributed by atoms with Crippen LogP contribution < -0.4 is 0 Å². The van der Waals surface area contributed by atoms with Crippen LogP contribution in [0.3, 0.4) is 0 Å². The molecule has 0 amide bonds. The number of hydrogen-bond donors (Lipinski definition) is 0. The van der Waals surface area contributed by atoms with Gasteiger partial charge in [-0.2, -0.15) is 5.10 Å². The molecule has 0 atom stereocenters. The van der Waals surface area contributed by atoms with E-state index in [1.54, 1.807) is 0 Å². The maximum absolute atomic E-state index is 4.87. The summed E-state index contributed by atoms with van der Waals surface area (Å²) in [5.41, 5.74) is 3.08. The van der Waals surface area contributed by atoms with Crippen LogP contribution in [0, 0.1) is 5.92 Å². The molecule has 1 saturated heterocycles. The standard InChI is InChI=1S/C19H29N5/c1-14(2)23-9-6-16(7-10-23)11-17-12-20-13-18(22-17)19-5-8-21-24(19)15(3)4/h5,8,12-16H,6-7,9-11H2,1-4H3. The van der Waals surface area contributed by atoms with E-state index in [9.17, 15) is 0 Å². The predicted molar refractivity (Wildman–Crippen MR) is 96.8 cm³/mol. The first-order valence-corrected chi connectivity index (χ1v) is 9.13. The monoisotopic (exact) mass is 327 g/mol. The Balaban J connectivity index is 1.69. The second-order valence-electron chi connectivity index (χ2n) is 7.43. The third-order valence-electron chi connectivity index (χ3n) is 4.98. The van der Waals surface area contributed by atoms with Crippen LogP contribution in [-0.2, 0) is 6.42 Å². The summed E-state index contributed by atoms with van der Waals surface area (Å²) in [7, 11) is 0. The molecule has 0 radical (unpaired) electrons. The van der Waals surface area contributed by atoms with Gasteiger partial charge in [-0.05, 0) is 72.0 Å². The Morgan fingerprint density at radius 2 is 1.83 bits per heavy atom. The molecule has 5 nitrogen and oxygen atoms in total. The van der Waals surface area contributed by atoms with Crippen molar-refractivity contribution in [3.8, 4) is 11.4 Å². The molecule has 0 spiro atoms. The van der Waals surface area contributed by atoms with Gasteiger partial charge in [0, 0.05) is 24.5 Å².